The molecule has 21 heavy (non-hydrogen) atoms. The average Bonchev–Trinajstić information content (AvgIpc) is 2.50. The SMILES string of the molecule is C[C@H](NC(=S)N/N=C/c1ccc(Br)cc1)c1ccccc1. The standard InChI is InChI=1S/C16H16BrN3S/c1-12(14-5-3-2-4-6-14)19-16(21)20-18-11-13-7-9-15(17)10-8-13/h2-12H,1H3,(H2,19,20,21)/b18-11+/t12-/m0/s1. The second-order valence-electron chi connectivity index (χ2n) is 4.53. The van der Waals surface area contributed by atoms with Gasteiger partial charge in [0.15, 0.2) is 5.11 Å². The number of halogens is 1. The van der Waals surface area contributed by atoms with Crippen molar-refractivity contribution in [2.24, 2.45) is 5.10 Å². The van der Waals surface area contributed by atoms with Crippen LogP contribution in [0.25, 0.3) is 0 Å². The van der Waals surface area contributed by atoms with Gasteiger partial charge >= 0.3 is 0 Å². The lowest BCUT2D eigenvalue weighted by atomic mass is 10.1. The number of hydrogen-bond acceptors (Lipinski definition) is 2. The molecule has 0 saturated carbocycles. The summed E-state index contributed by atoms with van der Waals surface area (Å²) in [5.74, 6) is 0. The van der Waals surface area contributed by atoms with Crippen molar-refractivity contribution in [3.8, 4) is 0 Å². The van der Waals surface area contributed by atoms with Gasteiger partial charge in [0.05, 0.1) is 12.3 Å². The molecule has 0 aliphatic rings. The lowest BCUT2D eigenvalue weighted by molar-refractivity contribution is 0.704. The number of hydrazone groups is 1. The van der Waals surface area contributed by atoms with Crippen LogP contribution in [0.3, 0.4) is 0 Å². The highest BCUT2D eigenvalue weighted by Crippen LogP contribution is 2.11. The molecule has 2 N–H and O–H groups in total. The zero-order chi connectivity index (χ0) is 15.1. The summed E-state index contributed by atoms with van der Waals surface area (Å²) < 4.78 is 1.04. The molecule has 0 aromatic heterocycles. The summed E-state index contributed by atoms with van der Waals surface area (Å²) in [7, 11) is 0. The van der Waals surface area contributed by atoms with E-state index >= 15 is 0 Å². The van der Waals surface area contributed by atoms with E-state index in [2.05, 4.69) is 50.8 Å². The molecule has 0 radical (unpaired) electrons. The molecule has 0 aliphatic heterocycles. The molecule has 0 fully saturated rings. The first-order chi connectivity index (χ1) is 10.1. The van der Waals surface area contributed by atoms with Crippen LogP contribution in [-0.2, 0) is 0 Å². The van der Waals surface area contributed by atoms with Crippen LogP contribution in [0.2, 0.25) is 0 Å². The van der Waals surface area contributed by atoms with E-state index in [1.54, 1.807) is 6.21 Å². The maximum absolute atomic E-state index is 5.22. The minimum Gasteiger partial charge on any atom is -0.355 e. The van der Waals surface area contributed by atoms with Gasteiger partial charge in [-0.25, -0.2) is 0 Å². The summed E-state index contributed by atoms with van der Waals surface area (Å²) in [5.41, 5.74) is 5.01. The van der Waals surface area contributed by atoms with Crippen LogP contribution < -0.4 is 10.7 Å². The van der Waals surface area contributed by atoms with Gasteiger partial charge in [-0.15, -0.1) is 0 Å². The molecule has 1 atom stereocenters. The molecule has 2 aromatic rings. The van der Waals surface area contributed by atoms with Gasteiger partial charge in [-0.2, -0.15) is 5.10 Å². The van der Waals surface area contributed by atoms with Gasteiger partial charge in [0, 0.05) is 4.47 Å². The van der Waals surface area contributed by atoms with Crippen molar-refractivity contribution in [3.63, 3.8) is 0 Å². The number of hydrogen-bond donors (Lipinski definition) is 2. The Bertz CT molecular complexity index is 611. The Labute approximate surface area is 138 Å². The summed E-state index contributed by atoms with van der Waals surface area (Å²) in [6.07, 6.45) is 1.73. The van der Waals surface area contributed by atoms with Crippen molar-refractivity contribution in [1.82, 2.24) is 10.7 Å². The molecule has 2 rings (SSSR count). The normalized spacial score (nSPS) is 12.1. The Hall–Kier alpha value is -1.72. The first-order valence-electron chi connectivity index (χ1n) is 6.55. The van der Waals surface area contributed by atoms with Gasteiger partial charge in [0.2, 0.25) is 0 Å². The van der Waals surface area contributed by atoms with Gasteiger partial charge in [-0.1, -0.05) is 58.4 Å². The van der Waals surface area contributed by atoms with E-state index in [0.717, 1.165) is 10.0 Å². The molecule has 0 saturated heterocycles. The van der Waals surface area contributed by atoms with Gasteiger partial charge in [0.25, 0.3) is 0 Å². The Morgan fingerprint density at radius 1 is 1.14 bits per heavy atom. The van der Waals surface area contributed by atoms with Crippen molar-refractivity contribution in [2.45, 2.75) is 13.0 Å². The molecular weight excluding hydrogens is 346 g/mol. The highest BCUT2D eigenvalue weighted by atomic mass is 79.9. The molecule has 0 bridgehead atoms. The third-order valence-corrected chi connectivity index (χ3v) is 3.63. The molecule has 2 aromatic carbocycles. The van der Waals surface area contributed by atoms with Crippen LogP contribution in [0, 0.1) is 0 Å². The fourth-order valence-corrected chi connectivity index (χ4v) is 2.26. The number of nitrogens with one attached hydrogen (secondary N) is 2. The van der Waals surface area contributed by atoms with E-state index in [9.17, 15) is 0 Å². The van der Waals surface area contributed by atoms with E-state index in [-0.39, 0.29) is 6.04 Å². The molecule has 0 aliphatic carbocycles. The summed E-state index contributed by atoms with van der Waals surface area (Å²) >= 11 is 8.62. The molecule has 5 heteroatoms. The molecule has 0 amide bonds. The molecule has 0 heterocycles. The maximum atomic E-state index is 5.22. The first kappa shape index (κ1) is 15.7. The van der Waals surface area contributed by atoms with E-state index in [0.29, 0.717) is 5.11 Å². The van der Waals surface area contributed by atoms with Gasteiger partial charge < -0.3 is 5.32 Å². The van der Waals surface area contributed by atoms with E-state index < -0.39 is 0 Å². The van der Waals surface area contributed by atoms with Gasteiger partial charge in [-0.3, -0.25) is 5.43 Å². The highest BCUT2D eigenvalue weighted by molar-refractivity contribution is 9.10. The minimum absolute atomic E-state index is 0.133. The number of benzene rings is 2. The maximum Gasteiger partial charge on any atom is 0.187 e. The minimum atomic E-state index is 0.133. The largest absolute Gasteiger partial charge is 0.355 e. The molecule has 3 nitrogen and oxygen atoms in total. The summed E-state index contributed by atoms with van der Waals surface area (Å²) in [4.78, 5) is 0. The van der Waals surface area contributed by atoms with Crippen molar-refractivity contribution in [1.29, 1.82) is 0 Å². The van der Waals surface area contributed by atoms with Crippen LogP contribution in [0.1, 0.15) is 24.1 Å². The fraction of sp³-hybridized carbons (Fsp3) is 0.125. The predicted octanol–water partition coefficient (Wildman–Crippen LogP) is 4.01. The fourth-order valence-electron chi connectivity index (χ4n) is 1.77. The molecule has 0 unspecified atom stereocenters. The summed E-state index contributed by atoms with van der Waals surface area (Å²) in [6.45, 7) is 2.06. The number of nitrogens with zero attached hydrogens (tertiary/aromatic N) is 1. The van der Waals surface area contributed by atoms with Crippen LogP contribution in [0.4, 0.5) is 0 Å². The Kier molecular flexibility index (Phi) is 5.90. The Morgan fingerprint density at radius 3 is 2.48 bits per heavy atom. The van der Waals surface area contributed by atoms with E-state index in [4.69, 9.17) is 12.2 Å². The predicted molar refractivity (Wildman–Crippen MR) is 95.5 cm³/mol. The van der Waals surface area contributed by atoms with E-state index in [1.807, 2.05) is 42.5 Å². The summed E-state index contributed by atoms with van der Waals surface area (Å²) in [5, 5.41) is 7.81. The van der Waals surface area contributed by atoms with Crippen molar-refractivity contribution >= 4 is 39.5 Å². The van der Waals surface area contributed by atoms with Crippen molar-refractivity contribution < 1.29 is 0 Å². The van der Waals surface area contributed by atoms with Crippen LogP contribution in [-0.4, -0.2) is 11.3 Å². The second-order valence-corrected chi connectivity index (χ2v) is 5.85. The Morgan fingerprint density at radius 2 is 1.81 bits per heavy atom. The Balaban J connectivity index is 1.83. The quantitative estimate of drug-likeness (QED) is 0.490. The summed E-state index contributed by atoms with van der Waals surface area (Å²) in [6, 6.07) is 18.1. The molecule has 108 valence electrons. The monoisotopic (exact) mass is 361 g/mol. The third kappa shape index (κ3) is 5.28. The van der Waals surface area contributed by atoms with Crippen molar-refractivity contribution in [3.05, 3.63) is 70.2 Å². The lowest BCUT2D eigenvalue weighted by Crippen LogP contribution is -2.34. The van der Waals surface area contributed by atoms with Gasteiger partial charge in [0.1, 0.15) is 0 Å². The molecular formula is C16H16BrN3S. The lowest BCUT2D eigenvalue weighted by Gasteiger charge is -2.15. The van der Waals surface area contributed by atoms with E-state index in [1.165, 1.54) is 5.56 Å². The van der Waals surface area contributed by atoms with Gasteiger partial charge in [-0.05, 0) is 42.4 Å². The first-order valence-corrected chi connectivity index (χ1v) is 7.75. The topological polar surface area (TPSA) is 36.4 Å². The van der Waals surface area contributed by atoms with Crippen LogP contribution >= 0.6 is 28.1 Å². The van der Waals surface area contributed by atoms with Crippen molar-refractivity contribution in [2.75, 3.05) is 0 Å². The molecule has 0 spiro atoms. The third-order valence-electron chi connectivity index (χ3n) is 2.90. The second kappa shape index (κ2) is 7.90. The zero-order valence-electron chi connectivity index (χ0n) is 11.6. The zero-order valence-corrected chi connectivity index (χ0v) is 14.0. The number of rotatable bonds is 4. The number of thiocarbonyl (C=S) groups is 1. The average molecular weight is 362 g/mol. The smallest absolute Gasteiger partial charge is 0.187 e. The van der Waals surface area contributed by atoms with Crippen LogP contribution in [0.5, 0.6) is 0 Å². The highest BCUT2D eigenvalue weighted by Gasteiger charge is 2.05. The van der Waals surface area contributed by atoms with Crippen LogP contribution in [0.15, 0.2) is 64.2 Å².